The summed E-state index contributed by atoms with van der Waals surface area (Å²) in [6.07, 6.45) is 4.41. The Kier molecular flexibility index (Phi) is 1.72. The summed E-state index contributed by atoms with van der Waals surface area (Å²) in [5, 5.41) is 3.63. The third-order valence-electron chi connectivity index (χ3n) is 2.19. The molecule has 0 unspecified atom stereocenters. The summed E-state index contributed by atoms with van der Waals surface area (Å²) in [5.74, 6) is 0.986. The van der Waals surface area contributed by atoms with Gasteiger partial charge in [-0.15, -0.1) is 0 Å². The number of nitrogens with two attached hydrogens (primary N) is 2. The van der Waals surface area contributed by atoms with Crippen molar-refractivity contribution in [3.05, 3.63) is 18.0 Å². The van der Waals surface area contributed by atoms with Gasteiger partial charge in [-0.05, 0) is 12.8 Å². The Hall–Kier alpha value is -1.52. The monoisotopic (exact) mass is 180 g/mol. The fraction of sp³-hybridized carbons (Fsp3) is 0.500. The van der Waals surface area contributed by atoms with E-state index in [1.54, 1.807) is 6.20 Å². The van der Waals surface area contributed by atoms with Gasteiger partial charge in [-0.2, -0.15) is 0 Å². The van der Waals surface area contributed by atoms with Gasteiger partial charge in [-0.25, -0.2) is 4.99 Å². The number of aliphatic imine (C=N–C) groups is 1. The first-order chi connectivity index (χ1) is 6.20. The van der Waals surface area contributed by atoms with Gasteiger partial charge in [0.25, 0.3) is 0 Å². The van der Waals surface area contributed by atoms with Gasteiger partial charge >= 0.3 is 0 Å². The summed E-state index contributed by atoms with van der Waals surface area (Å²) < 4.78 is 4.99. The zero-order valence-corrected chi connectivity index (χ0v) is 7.23. The second-order valence-corrected chi connectivity index (χ2v) is 3.42. The summed E-state index contributed by atoms with van der Waals surface area (Å²) in [4.78, 5) is 4.18. The molecular weight excluding hydrogens is 168 g/mol. The van der Waals surface area contributed by atoms with E-state index < -0.39 is 0 Å². The molecule has 0 spiro atoms. The SMILES string of the molecule is NC(N)=NC1(Cc2ccno2)CC1. The van der Waals surface area contributed by atoms with Crippen LogP contribution in [-0.2, 0) is 6.42 Å². The summed E-state index contributed by atoms with van der Waals surface area (Å²) in [7, 11) is 0. The van der Waals surface area contributed by atoms with Gasteiger partial charge in [-0.1, -0.05) is 5.16 Å². The lowest BCUT2D eigenvalue weighted by Crippen LogP contribution is -2.26. The Labute approximate surface area is 75.8 Å². The van der Waals surface area contributed by atoms with E-state index in [4.69, 9.17) is 16.0 Å². The number of nitrogens with zero attached hydrogens (tertiary/aromatic N) is 2. The number of hydrogen-bond donors (Lipinski definition) is 2. The molecule has 5 heteroatoms. The Morgan fingerprint density at radius 1 is 1.62 bits per heavy atom. The molecule has 4 N–H and O–H groups in total. The van der Waals surface area contributed by atoms with Crippen LogP contribution in [0, 0.1) is 0 Å². The van der Waals surface area contributed by atoms with Crippen LogP contribution in [0.1, 0.15) is 18.6 Å². The van der Waals surface area contributed by atoms with Crippen LogP contribution in [0.5, 0.6) is 0 Å². The molecule has 2 rings (SSSR count). The predicted octanol–water partition coefficient (Wildman–Crippen LogP) is 0.0231. The second kappa shape index (κ2) is 2.76. The van der Waals surface area contributed by atoms with Crippen molar-refractivity contribution in [3.8, 4) is 0 Å². The summed E-state index contributed by atoms with van der Waals surface area (Å²) >= 11 is 0. The minimum atomic E-state index is -0.0988. The standard InChI is InChI=1S/C8H12N4O/c9-7(10)12-8(2-3-8)5-6-1-4-11-13-6/h1,4H,2-3,5H2,(H4,9,10,12). The number of rotatable bonds is 3. The highest BCUT2D eigenvalue weighted by Crippen LogP contribution is 2.42. The molecule has 70 valence electrons. The van der Waals surface area contributed by atoms with Crippen molar-refractivity contribution in [2.75, 3.05) is 0 Å². The van der Waals surface area contributed by atoms with E-state index in [1.807, 2.05) is 6.07 Å². The average Bonchev–Trinajstić information content (AvgIpc) is 2.61. The van der Waals surface area contributed by atoms with Crippen LogP contribution >= 0.6 is 0 Å². The zero-order valence-electron chi connectivity index (χ0n) is 7.23. The van der Waals surface area contributed by atoms with Crippen molar-refractivity contribution in [3.63, 3.8) is 0 Å². The highest BCUT2D eigenvalue weighted by Gasteiger charge is 2.43. The molecule has 0 bridgehead atoms. The number of aromatic nitrogens is 1. The van der Waals surface area contributed by atoms with Gasteiger partial charge in [0.1, 0.15) is 5.76 Å². The predicted molar refractivity (Wildman–Crippen MR) is 48.0 cm³/mol. The smallest absolute Gasteiger partial charge is 0.186 e. The molecule has 1 fully saturated rings. The quantitative estimate of drug-likeness (QED) is 0.507. The second-order valence-electron chi connectivity index (χ2n) is 3.42. The minimum absolute atomic E-state index is 0.0988. The molecule has 13 heavy (non-hydrogen) atoms. The van der Waals surface area contributed by atoms with Crippen molar-refractivity contribution >= 4 is 5.96 Å². The molecule has 0 radical (unpaired) electrons. The van der Waals surface area contributed by atoms with Gasteiger partial charge < -0.3 is 16.0 Å². The lowest BCUT2D eigenvalue weighted by Gasteiger charge is -2.06. The van der Waals surface area contributed by atoms with Crippen LogP contribution in [0.2, 0.25) is 0 Å². The third-order valence-corrected chi connectivity index (χ3v) is 2.19. The maximum Gasteiger partial charge on any atom is 0.186 e. The molecule has 0 aliphatic heterocycles. The maximum absolute atomic E-state index is 5.33. The van der Waals surface area contributed by atoms with Crippen LogP contribution in [-0.4, -0.2) is 16.7 Å². The Morgan fingerprint density at radius 3 is 2.85 bits per heavy atom. The lowest BCUT2D eigenvalue weighted by molar-refractivity contribution is 0.372. The Bertz CT molecular complexity index is 309. The molecule has 1 aromatic heterocycles. The van der Waals surface area contributed by atoms with Gasteiger partial charge in [-0.3, -0.25) is 0 Å². The van der Waals surface area contributed by atoms with Crippen LogP contribution in [0.4, 0.5) is 0 Å². The van der Waals surface area contributed by atoms with E-state index in [9.17, 15) is 0 Å². The summed E-state index contributed by atoms with van der Waals surface area (Å²) in [6, 6.07) is 1.84. The summed E-state index contributed by atoms with van der Waals surface area (Å²) in [5.41, 5.74) is 10.6. The highest BCUT2D eigenvalue weighted by molar-refractivity contribution is 5.76. The normalized spacial score (nSPS) is 18.2. The van der Waals surface area contributed by atoms with Crippen LogP contribution < -0.4 is 11.5 Å². The largest absolute Gasteiger partial charge is 0.370 e. The van der Waals surface area contributed by atoms with E-state index in [-0.39, 0.29) is 11.5 Å². The molecule has 5 nitrogen and oxygen atoms in total. The van der Waals surface area contributed by atoms with Crippen LogP contribution in [0.25, 0.3) is 0 Å². The Balaban J connectivity index is 2.06. The average molecular weight is 180 g/mol. The number of guanidine groups is 1. The van der Waals surface area contributed by atoms with Crippen molar-refractivity contribution in [2.45, 2.75) is 24.8 Å². The van der Waals surface area contributed by atoms with E-state index in [2.05, 4.69) is 10.1 Å². The molecule has 1 aliphatic carbocycles. The first-order valence-electron chi connectivity index (χ1n) is 4.21. The van der Waals surface area contributed by atoms with E-state index >= 15 is 0 Å². The first kappa shape index (κ1) is 8.10. The molecule has 0 aromatic carbocycles. The minimum Gasteiger partial charge on any atom is -0.370 e. The van der Waals surface area contributed by atoms with Crippen molar-refractivity contribution in [2.24, 2.45) is 16.5 Å². The lowest BCUT2D eigenvalue weighted by atomic mass is 10.1. The summed E-state index contributed by atoms with van der Waals surface area (Å²) in [6.45, 7) is 0. The Morgan fingerprint density at radius 2 is 2.38 bits per heavy atom. The zero-order chi connectivity index (χ0) is 9.31. The third kappa shape index (κ3) is 1.80. The van der Waals surface area contributed by atoms with E-state index in [0.717, 1.165) is 25.0 Å². The van der Waals surface area contributed by atoms with Crippen molar-refractivity contribution in [1.82, 2.24) is 5.16 Å². The number of hydrogen-bond acceptors (Lipinski definition) is 3. The van der Waals surface area contributed by atoms with Crippen molar-refractivity contribution in [1.29, 1.82) is 0 Å². The fourth-order valence-corrected chi connectivity index (χ4v) is 1.40. The van der Waals surface area contributed by atoms with Crippen molar-refractivity contribution < 1.29 is 4.52 Å². The molecule has 1 aromatic rings. The maximum atomic E-state index is 5.33. The highest BCUT2D eigenvalue weighted by atomic mass is 16.5. The first-order valence-corrected chi connectivity index (χ1v) is 4.21. The van der Waals surface area contributed by atoms with Gasteiger partial charge in [0.15, 0.2) is 5.96 Å². The molecule has 0 saturated heterocycles. The van der Waals surface area contributed by atoms with Crippen LogP contribution in [0.3, 0.4) is 0 Å². The van der Waals surface area contributed by atoms with E-state index in [0.29, 0.717) is 0 Å². The molecular formula is C8H12N4O. The van der Waals surface area contributed by atoms with E-state index in [1.165, 1.54) is 0 Å². The van der Waals surface area contributed by atoms with Gasteiger partial charge in [0, 0.05) is 12.5 Å². The van der Waals surface area contributed by atoms with Gasteiger partial charge in [0.05, 0.1) is 11.7 Å². The van der Waals surface area contributed by atoms with Crippen LogP contribution in [0.15, 0.2) is 21.8 Å². The molecule has 1 heterocycles. The topological polar surface area (TPSA) is 90.4 Å². The molecule has 0 atom stereocenters. The molecule has 0 amide bonds. The fourth-order valence-electron chi connectivity index (χ4n) is 1.40. The molecule has 1 saturated carbocycles. The van der Waals surface area contributed by atoms with Gasteiger partial charge in [0.2, 0.25) is 0 Å². The molecule has 1 aliphatic rings.